The zero-order valence-electron chi connectivity index (χ0n) is 12.9. The molecular formula is C19H29N. The summed E-state index contributed by atoms with van der Waals surface area (Å²) in [5.74, 6) is 0. The van der Waals surface area contributed by atoms with Crippen molar-refractivity contribution in [3.8, 4) is 0 Å². The highest BCUT2D eigenvalue weighted by Gasteiger charge is 2.10. The molecule has 1 atom stereocenters. The highest BCUT2D eigenvalue weighted by atomic mass is 14.9. The van der Waals surface area contributed by atoms with Crippen LogP contribution in [0.2, 0.25) is 0 Å². The van der Waals surface area contributed by atoms with Crippen molar-refractivity contribution in [1.82, 2.24) is 5.32 Å². The highest BCUT2D eigenvalue weighted by Crippen LogP contribution is 2.22. The van der Waals surface area contributed by atoms with E-state index in [0.717, 1.165) is 6.54 Å². The summed E-state index contributed by atoms with van der Waals surface area (Å²) in [7, 11) is 0. The summed E-state index contributed by atoms with van der Waals surface area (Å²) >= 11 is 0. The van der Waals surface area contributed by atoms with Crippen LogP contribution < -0.4 is 5.32 Å². The number of hydrogen-bond acceptors (Lipinski definition) is 1. The average molecular weight is 271 g/mol. The second-order valence-corrected chi connectivity index (χ2v) is 5.92. The van der Waals surface area contributed by atoms with Gasteiger partial charge in [-0.15, -0.1) is 0 Å². The van der Waals surface area contributed by atoms with Crippen molar-refractivity contribution < 1.29 is 0 Å². The van der Waals surface area contributed by atoms with Crippen LogP contribution in [-0.2, 0) is 0 Å². The predicted molar refractivity (Wildman–Crippen MR) is 87.9 cm³/mol. The molecule has 0 heterocycles. The second-order valence-electron chi connectivity index (χ2n) is 5.92. The van der Waals surface area contributed by atoms with Gasteiger partial charge in [-0.25, -0.2) is 0 Å². The van der Waals surface area contributed by atoms with Gasteiger partial charge >= 0.3 is 0 Å². The van der Waals surface area contributed by atoms with Crippen LogP contribution in [0.1, 0.15) is 69.9 Å². The van der Waals surface area contributed by atoms with Crippen LogP contribution in [0.4, 0.5) is 0 Å². The lowest BCUT2D eigenvalue weighted by atomic mass is 9.96. The van der Waals surface area contributed by atoms with E-state index in [1.807, 2.05) is 0 Å². The molecule has 0 aromatic heterocycles. The molecule has 0 saturated carbocycles. The van der Waals surface area contributed by atoms with E-state index in [0.29, 0.717) is 6.04 Å². The molecule has 0 amide bonds. The van der Waals surface area contributed by atoms with Gasteiger partial charge in [0, 0.05) is 6.04 Å². The Morgan fingerprint density at radius 2 is 2.00 bits per heavy atom. The van der Waals surface area contributed by atoms with Gasteiger partial charge in [-0.1, -0.05) is 61.7 Å². The first-order valence-corrected chi connectivity index (χ1v) is 8.36. The van der Waals surface area contributed by atoms with Crippen molar-refractivity contribution in [3.05, 3.63) is 47.5 Å². The molecular weight excluding hydrogens is 242 g/mol. The summed E-state index contributed by atoms with van der Waals surface area (Å²) in [5.41, 5.74) is 3.12. The first-order chi connectivity index (χ1) is 9.90. The summed E-state index contributed by atoms with van der Waals surface area (Å²) in [6, 6.07) is 11.5. The average Bonchev–Trinajstić information content (AvgIpc) is 2.52. The maximum atomic E-state index is 3.78. The number of allylic oxidation sites excluding steroid dienone is 1. The summed E-state index contributed by atoms with van der Waals surface area (Å²) in [4.78, 5) is 0. The van der Waals surface area contributed by atoms with Crippen molar-refractivity contribution in [1.29, 1.82) is 0 Å². The van der Waals surface area contributed by atoms with Crippen molar-refractivity contribution in [3.63, 3.8) is 0 Å². The Morgan fingerprint density at radius 3 is 2.70 bits per heavy atom. The van der Waals surface area contributed by atoms with E-state index in [4.69, 9.17) is 0 Å². The molecule has 0 aliphatic heterocycles. The van der Waals surface area contributed by atoms with Crippen molar-refractivity contribution >= 4 is 0 Å². The van der Waals surface area contributed by atoms with Gasteiger partial charge < -0.3 is 5.32 Å². The molecule has 1 aliphatic carbocycles. The minimum absolute atomic E-state index is 0.528. The maximum absolute atomic E-state index is 3.78. The van der Waals surface area contributed by atoms with Crippen LogP contribution in [0.25, 0.3) is 0 Å². The van der Waals surface area contributed by atoms with E-state index >= 15 is 0 Å². The van der Waals surface area contributed by atoms with Crippen molar-refractivity contribution in [2.45, 2.75) is 64.3 Å². The van der Waals surface area contributed by atoms with Gasteiger partial charge in [0.1, 0.15) is 0 Å². The van der Waals surface area contributed by atoms with Crippen molar-refractivity contribution in [2.24, 2.45) is 0 Å². The van der Waals surface area contributed by atoms with Crippen LogP contribution in [0, 0.1) is 0 Å². The Bertz CT molecular complexity index is 393. The van der Waals surface area contributed by atoms with Crippen LogP contribution in [-0.4, -0.2) is 6.54 Å². The summed E-state index contributed by atoms with van der Waals surface area (Å²) in [6.45, 7) is 3.39. The van der Waals surface area contributed by atoms with Gasteiger partial charge in [0.25, 0.3) is 0 Å². The van der Waals surface area contributed by atoms with E-state index in [1.165, 1.54) is 56.9 Å². The molecule has 0 fully saturated rings. The van der Waals surface area contributed by atoms with Crippen molar-refractivity contribution in [2.75, 3.05) is 6.54 Å². The standard InChI is InChI=1S/C19H29N/c1-2-3-14-19(18-12-8-5-9-13-18)20-16-15-17-10-6-4-7-11-17/h5,8-10,12-13,19-20H,2-4,6-7,11,14-16H2,1H3. The molecule has 20 heavy (non-hydrogen) atoms. The Balaban J connectivity index is 1.82. The lowest BCUT2D eigenvalue weighted by Gasteiger charge is -2.20. The molecule has 1 heteroatoms. The first-order valence-electron chi connectivity index (χ1n) is 8.36. The van der Waals surface area contributed by atoms with E-state index in [1.54, 1.807) is 5.57 Å². The number of unbranched alkanes of at least 4 members (excludes halogenated alkanes) is 1. The Kier molecular flexibility index (Phi) is 6.86. The normalized spacial score (nSPS) is 16.8. The minimum Gasteiger partial charge on any atom is -0.310 e. The maximum Gasteiger partial charge on any atom is 0.0320 e. The molecule has 1 N–H and O–H groups in total. The Labute approximate surface area is 124 Å². The summed E-state index contributed by atoms with van der Waals surface area (Å²) < 4.78 is 0. The van der Waals surface area contributed by atoms with Gasteiger partial charge in [0.2, 0.25) is 0 Å². The minimum atomic E-state index is 0.528. The van der Waals surface area contributed by atoms with Crippen LogP contribution in [0.5, 0.6) is 0 Å². The molecule has 1 aliphatic rings. The van der Waals surface area contributed by atoms with Crippen LogP contribution in [0.15, 0.2) is 42.0 Å². The van der Waals surface area contributed by atoms with Gasteiger partial charge in [-0.3, -0.25) is 0 Å². The molecule has 110 valence electrons. The quantitative estimate of drug-likeness (QED) is 0.624. The molecule has 1 nitrogen and oxygen atoms in total. The zero-order valence-corrected chi connectivity index (χ0v) is 12.9. The SMILES string of the molecule is CCCCC(NCCC1=CCCCC1)c1ccccc1. The van der Waals surface area contributed by atoms with Crippen LogP contribution >= 0.6 is 0 Å². The Morgan fingerprint density at radius 1 is 1.15 bits per heavy atom. The number of nitrogens with one attached hydrogen (secondary N) is 1. The third-order valence-electron chi connectivity index (χ3n) is 4.27. The third-order valence-corrected chi connectivity index (χ3v) is 4.27. The lowest BCUT2D eigenvalue weighted by Crippen LogP contribution is -2.23. The van der Waals surface area contributed by atoms with Gasteiger partial charge in [0.15, 0.2) is 0 Å². The van der Waals surface area contributed by atoms with E-state index < -0.39 is 0 Å². The largest absolute Gasteiger partial charge is 0.310 e. The fourth-order valence-corrected chi connectivity index (χ4v) is 3.02. The zero-order chi connectivity index (χ0) is 14.0. The summed E-state index contributed by atoms with van der Waals surface area (Å²) in [5, 5.41) is 3.78. The first kappa shape index (κ1) is 15.3. The fraction of sp³-hybridized carbons (Fsp3) is 0.579. The fourth-order valence-electron chi connectivity index (χ4n) is 3.02. The Hall–Kier alpha value is -1.08. The molecule has 0 bridgehead atoms. The molecule has 1 unspecified atom stereocenters. The third kappa shape index (κ3) is 5.13. The van der Waals surface area contributed by atoms with E-state index in [9.17, 15) is 0 Å². The summed E-state index contributed by atoms with van der Waals surface area (Å²) in [6.07, 6.45) is 12.9. The van der Waals surface area contributed by atoms with Gasteiger partial charge in [-0.05, 0) is 50.6 Å². The van der Waals surface area contributed by atoms with E-state index in [2.05, 4.69) is 48.6 Å². The molecule has 0 radical (unpaired) electrons. The molecule has 1 aromatic rings. The molecule has 2 rings (SSSR count). The topological polar surface area (TPSA) is 12.0 Å². The van der Waals surface area contributed by atoms with E-state index in [-0.39, 0.29) is 0 Å². The molecule has 1 aromatic carbocycles. The highest BCUT2D eigenvalue weighted by molar-refractivity contribution is 5.19. The molecule has 0 spiro atoms. The predicted octanol–water partition coefficient (Wildman–Crippen LogP) is 5.40. The van der Waals surface area contributed by atoms with Crippen LogP contribution in [0.3, 0.4) is 0 Å². The molecule has 0 saturated heterocycles. The monoisotopic (exact) mass is 271 g/mol. The second kappa shape index (κ2) is 8.97. The van der Waals surface area contributed by atoms with Gasteiger partial charge in [0.05, 0.1) is 0 Å². The number of rotatable bonds is 8. The van der Waals surface area contributed by atoms with Gasteiger partial charge in [-0.2, -0.15) is 0 Å². The lowest BCUT2D eigenvalue weighted by molar-refractivity contribution is 0.480. The number of benzene rings is 1. The number of hydrogen-bond donors (Lipinski definition) is 1. The smallest absolute Gasteiger partial charge is 0.0320 e.